The van der Waals surface area contributed by atoms with Gasteiger partial charge in [0, 0.05) is 41.9 Å². The predicted octanol–water partition coefficient (Wildman–Crippen LogP) is 4.48. The smallest absolute Gasteiger partial charge is 0.226 e. The normalized spacial score (nSPS) is 21.0. The number of fused-ring (bicyclic) bond motifs is 3. The Bertz CT molecular complexity index is 1320. The summed E-state index contributed by atoms with van der Waals surface area (Å²) in [4.78, 5) is 21.2. The zero-order chi connectivity index (χ0) is 23.7. The van der Waals surface area contributed by atoms with Gasteiger partial charge in [-0.05, 0) is 61.6 Å². The minimum absolute atomic E-state index is 0.132. The highest BCUT2D eigenvalue weighted by Gasteiger charge is 2.54. The van der Waals surface area contributed by atoms with Gasteiger partial charge in [0.2, 0.25) is 11.9 Å². The molecule has 4 aliphatic rings. The summed E-state index contributed by atoms with van der Waals surface area (Å²) in [7, 11) is 0. The number of halogens is 2. The first kappa shape index (κ1) is 21.3. The lowest BCUT2D eigenvalue weighted by atomic mass is 9.57. The highest BCUT2D eigenvalue weighted by molar-refractivity contribution is 6.30. The van der Waals surface area contributed by atoms with Crippen LogP contribution >= 0.6 is 11.6 Å². The van der Waals surface area contributed by atoms with Gasteiger partial charge in [-0.3, -0.25) is 9.36 Å². The van der Waals surface area contributed by atoms with Crippen LogP contribution in [0.5, 0.6) is 0 Å². The van der Waals surface area contributed by atoms with E-state index in [0.717, 1.165) is 68.1 Å². The van der Waals surface area contributed by atoms with Gasteiger partial charge in [0.1, 0.15) is 11.6 Å². The van der Waals surface area contributed by atoms with Crippen molar-refractivity contribution in [2.75, 3.05) is 18.0 Å². The highest BCUT2D eigenvalue weighted by Crippen LogP contribution is 2.56. The van der Waals surface area contributed by atoms with Crippen molar-refractivity contribution in [3.8, 4) is 5.69 Å². The maximum Gasteiger partial charge on any atom is 0.226 e. The topological polar surface area (TPSA) is 67.2 Å². The van der Waals surface area contributed by atoms with E-state index in [1.807, 2.05) is 29.2 Å². The van der Waals surface area contributed by atoms with E-state index in [-0.39, 0.29) is 17.2 Å². The van der Waals surface area contributed by atoms with Gasteiger partial charge in [0.05, 0.1) is 12.2 Å². The quantitative estimate of drug-likeness (QED) is 0.504. The Morgan fingerprint density at radius 1 is 1.09 bits per heavy atom. The number of carbonyl (C=O) groups is 1. The number of benzene rings is 1. The second kappa shape index (κ2) is 7.75. The number of rotatable bonds is 3. The molecule has 2 aliphatic heterocycles. The van der Waals surface area contributed by atoms with E-state index in [4.69, 9.17) is 11.6 Å². The van der Waals surface area contributed by atoms with Crippen molar-refractivity contribution in [2.45, 2.75) is 51.1 Å². The van der Waals surface area contributed by atoms with Crippen LogP contribution in [0.3, 0.4) is 0 Å². The molecular weight excluding hydrogens is 467 g/mol. The minimum atomic E-state index is -0.440. The van der Waals surface area contributed by atoms with Gasteiger partial charge in [-0.25, -0.2) is 4.98 Å². The molecular formula is C26H26ClFN6O. The molecule has 3 fully saturated rings. The molecule has 4 heterocycles. The number of hydrogen-bond acceptors (Lipinski definition) is 5. The number of anilines is 1. The summed E-state index contributed by atoms with van der Waals surface area (Å²) < 4.78 is 15.7. The largest absolute Gasteiger partial charge is 0.355 e. The van der Waals surface area contributed by atoms with Crippen LogP contribution in [0, 0.1) is 17.3 Å². The van der Waals surface area contributed by atoms with Crippen molar-refractivity contribution in [3.63, 3.8) is 0 Å². The monoisotopic (exact) mass is 492 g/mol. The molecule has 180 valence electrons. The summed E-state index contributed by atoms with van der Waals surface area (Å²) in [6.45, 7) is 2.78. The van der Waals surface area contributed by atoms with Crippen LogP contribution in [0.15, 0.2) is 36.4 Å². The second-order valence-corrected chi connectivity index (χ2v) is 11.1. The maximum atomic E-state index is 13.5. The fraction of sp³-hybridized carbons (Fsp3) is 0.462. The van der Waals surface area contributed by atoms with Crippen LogP contribution in [0.2, 0.25) is 5.02 Å². The second-order valence-electron chi connectivity index (χ2n) is 10.7. The molecule has 2 saturated carbocycles. The third-order valence-corrected chi connectivity index (χ3v) is 8.53. The molecule has 0 atom stereocenters. The number of aromatic nitrogens is 4. The molecule has 7 nitrogen and oxygen atoms in total. The molecule has 35 heavy (non-hydrogen) atoms. The lowest BCUT2D eigenvalue weighted by molar-refractivity contribution is -0.139. The van der Waals surface area contributed by atoms with E-state index in [1.165, 1.54) is 6.07 Å². The third-order valence-electron chi connectivity index (χ3n) is 8.30. The van der Waals surface area contributed by atoms with Crippen LogP contribution in [0.25, 0.3) is 5.69 Å². The molecule has 1 spiro atoms. The van der Waals surface area contributed by atoms with Gasteiger partial charge >= 0.3 is 0 Å². The lowest BCUT2D eigenvalue weighted by Gasteiger charge is -2.59. The third kappa shape index (κ3) is 3.44. The number of amides is 1. The summed E-state index contributed by atoms with van der Waals surface area (Å²) in [6.07, 6.45) is 5.11. The number of nitrogens with zero attached hydrogens (tertiary/aromatic N) is 6. The van der Waals surface area contributed by atoms with E-state index >= 15 is 0 Å². The molecule has 3 aromatic rings. The lowest BCUT2D eigenvalue weighted by Crippen LogP contribution is -2.62. The summed E-state index contributed by atoms with van der Waals surface area (Å²) in [6, 6.07) is 10.8. The SMILES string of the molecule is O=C(C1CCC1)N1Cc2cc(Cl)ccc2-n2c(nnc2C2CC3(C2)CN(c2cccc(F)n2)C3)C1. The van der Waals surface area contributed by atoms with Gasteiger partial charge in [-0.15, -0.1) is 10.2 Å². The molecule has 0 bridgehead atoms. The van der Waals surface area contributed by atoms with Gasteiger partial charge in [-0.2, -0.15) is 4.39 Å². The average Bonchev–Trinajstić information content (AvgIpc) is 3.05. The Balaban J connectivity index is 1.14. The molecule has 2 aromatic heterocycles. The molecule has 1 aromatic carbocycles. The predicted molar refractivity (Wildman–Crippen MR) is 129 cm³/mol. The van der Waals surface area contributed by atoms with Crippen molar-refractivity contribution >= 4 is 23.3 Å². The Hall–Kier alpha value is -3.00. The van der Waals surface area contributed by atoms with Crippen LogP contribution in [-0.2, 0) is 17.9 Å². The van der Waals surface area contributed by atoms with Gasteiger partial charge in [0.25, 0.3) is 0 Å². The number of carbonyl (C=O) groups excluding carboxylic acids is 1. The standard InChI is InChI=1S/C26H26ClFN6O/c27-19-7-8-20-17(9-19)12-32(25(35)16-3-1-4-16)13-23-30-31-24(34(20)23)18-10-26(11-18)14-33(15-26)22-6-2-5-21(28)29-22/h2,5-9,16,18H,1,3-4,10-15H2. The molecule has 7 rings (SSSR count). The van der Waals surface area contributed by atoms with E-state index in [0.29, 0.717) is 29.8 Å². The number of hydrogen-bond donors (Lipinski definition) is 0. The van der Waals surface area contributed by atoms with Gasteiger partial charge in [0.15, 0.2) is 5.82 Å². The van der Waals surface area contributed by atoms with Crippen LogP contribution in [0.1, 0.15) is 55.2 Å². The molecule has 9 heteroatoms. The Morgan fingerprint density at radius 2 is 1.91 bits per heavy atom. The summed E-state index contributed by atoms with van der Waals surface area (Å²) in [5, 5.41) is 9.87. The Kier molecular flexibility index (Phi) is 4.72. The van der Waals surface area contributed by atoms with Crippen molar-refractivity contribution in [1.29, 1.82) is 0 Å². The first-order chi connectivity index (χ1) is 17.0. The maximum absolute atomic E-state index is 13.5. The van der Waals surface area contributed by atoms with Crippen molar-refractivity contribution in [3.05, 3.63) is 64.6 Å². The van der Waals surface area contributed by atoms with Crippen molar-refractivity contribution in [1.82, 2.24) is 24.6 Å². The van der Waals surface area contributed by atoms with E-state index in [1.54, 1.807) is 6.07 Å². The van der Waals surface area contributed by atoms with E-state index in [2.05, 4.69) is 24.6 Å². The van der Waals surface area contributed by atoms with E-state index in [9.17, 15) is 9.18 Å². The van der Waals surface area contributed by atoms with Crippen LogP contribution in [-0.4, -0.2) is 43.6 Å². The Morgan fingerprint density at radius 3 is 2.66 bits per heavy atom. The van der Waals surface area contributed by atoms with Crippen molar-refractivity contribution < 1.29 is 9.18 Å². The van der Waals surface area contributed by atoms with Crippen LogP contribution in [0.4, 0.5) is 10.2 Å². The molecule has 1 saturated heterocycles. The van der Waals surface area contributed by atoms with Gasteiger partial charge in [-0.1, -0.05) is 24.1 Å². The highest BCUT2D eigenvalue weighted by atomic mass is 35.5. The zero-order valence-corrected chi connectivity index (χ0v) is 20.1. The summed E-state index contributed by atoms with van der Waals surface area (Å²) >= 11 is 6.36. The molecule has 1 amide bonds. The van der Waals surface area contributed by atoms with Gasteiger partial charge < -0.3 is 9.80 Å². The zero-order valence-electron chi connectivity index (χ0n) is 19.3. The van der Waals surface area contributed by atoms with Crippen LogP contribution < -0.4 is 4.90 Å². The molecule has 2 aliphatic carbocycles. The first-order valence-corrected chi connectivity index (χ1v) is 12.8. The summed E-state index contributed by atoms with van der Waals surface area (Å²) in [5.41, 5.74) is 2.28. The number of pyridine rings is 1. The molecule has 0 unspecified atom stereocenters. The first-order valence-electron chi connectivity index (χ1n) is 12.4. The fourth-order valence-corrected chi connectivity index (χ4v) is 6.48. The van der Waals surface area contributed by atoms with E-state index < -0.39 is 5.95 Å². The van der Waals surface area contributed by atoms with Crippen molar-refractivity contribution in [2.24, 2.45) is 11.3 Å². The summed E-state index contributed by atoms with van der Waals surface area (Å²) in [5.74, 6) is 2.69. The fourth-order valence-electron chi connectivity index (χ4n) is 6.29. The molecule has 0 radical (unpaired) electrons. The molecule has 0 N–H and O–H groups in total. The Labute approximate surface area is 207 Å². The minimum Gasteiger partial charge on any atom is -0.355 e. The average molecular weight is 493 g/mol.